The zero-order chi connectivity index (χ0) is 14.0. The van der Waals surface area contributed by atoms with Gasteiger partial charge in [-0.05, 0) is 43.2 Å². The van der Waals surface area contributed by atoms with E-state index in [4.69, 9.17) is 11.6 Å². The number of hydrogen-bond donors (Lipinski definition) is 2. The van der Waals surface area contributed by atoms with Gasteiger partial charge in [0, 0.05) is 10.6 Å². The van der Waals surface area contributed by atoms with E-state index in [1.165, 1.54) is 0 Å². The molecule has 0 saturated heterocycles. The van der Waals surface area contributed by atoms with Crippen molar-refractivity contribution in [3.8, 4) is 0 Å². The minimum Gasteiger partial charge on any atom is -0.321 e. The molecule has 1 amide bonds. The first-order valence-electron chi connectivity index (χ1n) is 5.85. The molecule has 0 aliphatic carbocycles. The van der Waals surface area contributed by atoms with Crippen molar-refractivity contribution in [2.75, 3.05) is 5.32 Å². The number of anilines is 1. The molecule has 0 unspecified atom stereocenters. The first-order chi connectivity index (χ1) is 8.99. The van der Waals surface area contributed by atoms with E-state index in [1.807, 2.05) is 32.0 Å². The van der Waals surface area contributed by atoms with Gasteiger partial charge in [-0.2, -0.15) is 0 Å². The molecule has 2 aromatic carbocycles. The molecule has 0 aliphatic rings. The lowest BCUT2D eigenvalue weighted by Gasteiger charge is -2.12. The molecule has 2 aromatic rings. The van der Waals surface area contributed by atoms with E-state index in [0.29, 0.717) is 15.5 Å². The van der Waals surface area contributed by atoms with Crippen LogP contribution in [0.2, 0.25) is 5.02 Å². The van der Waals surface area contributed by atoms with Crippen molar-refractivity contribution < 1.29 is 4.79 Å². The second-order valence-corrected chi connectivity index (χ2v) is 5.31. The fourth-order valence-electron chi connectivity index (χ4n) is 1.88. The van der Waals surface area contributed by atoms with E-state index in [0.717, 1.165) is 16.8 Å². The third-order valence-corrected chi connectivity index (χ3v) is 3.52. The summed E-state index contributed by atoms with van der Waals surface area (Å²) in [6.07, 6.45) is 0. The maximum Gasteiger partial charge on any atom is 0.257 e. The van der Waals surface area contributed by atoms with Crippen LogP contribution in [0.1, 0.15) is 21.5 Å². The van der Waals surface area contributed by atoms with E-state index in [2.05, 4.69) is 17.9 Å². The zero-order valence-electron chi connectivity index (χ0n) is 10.7. The van der Waals surface area contributed by atoms with Crippen LogP contribution >= 0.6 is 24.2 Å². The maximum atomic E-state index is 12.3. The number of carbonyl (C=O) groups is 1. The van der Waals surface area contributed by atoms with Gasteiger partial charge in [0.05, 0.1) is 10.6 Å². The van der Waals surface area contributed by atoms with Crippen molar-refractivity contribution in [2.24, 2.45) is 0 Å². The van der Waals surface area contributed by atoms with Crippen molar-refractivity contribution in [1.29, 1.82) is 0 Å². The number of rotatable bonds is 2. The van der Waals surface area contributed by atoms with Crippen molar-refractivity contribution in [3.05, 3.63) is 58.1 Å². The van der Waals surface area contributed by atoms with Crippen molar-refractivity contribution in [2.45, 2.75) is 18.7 Å². The second kappa shape index (κ2) is 5.68. The Kier molecular flexibility index (Phi) is 4.17. The highest BCUT2D eigenvalue weighted by Crippen LogP contribution is 2.24. The normalized spacial score (nSPS) is 10.3. The summed E-state index contributed by atoms with van der Waals surface area (Å²) in [6, 6.07) is 11.0. The molecule has 0 atom stereocenters. The number of aryl methyl sites for hydroxylation is 2. The quantitative estimate of drug-likeness (QED) is 0.784. The molecule has 4 heteroatoms. The molecule has 0 aliphatic heterocycles. The van der Waals surface area contributed by atoms with Gasteiger partial charge in [-0.1, -0.05) is 29.8 Å². The topological polar surface area (TPSA) is 29.1 Å². The summed E-state index contributed by atoms with van der Waals surface area (Å²) in [7, 11) is 0. The maximum absolute atomic E-state index is 12.3. The molecule has 0 heterocycles. The van der Waals surface area contributed by atoms with Crippen LogP contribution in [-0.2, 0) is 0 Å². The average molecular weight is 292 g/mol. The number of hydrogen-bond acceptors (Lipinski definition) is 2. The highest BCUT2D eigenvalue weighted by Gasteiger charge is 2.13. The van der Waals surface area contributed by atoms with Gasteiger partial charge in [-0.25, -0.2) is 0 Å². The fraction of sp³-hybridized carbons (Fsp3) is 0.133. The Bertz CT molecular complexity index is 620. The molecule has 0 radical (unpaired) electrons. The molecule has 0 saturated carbocycles. The predicted molar refractivity (Wildman–Crippen MR) is 82.6 cm³/mol. The van der Waals surface area contributed by atoms with Crippen LogP contribution < -0.4 is 5.32 Å². The Morgan fingerprint density at radius 2 is 1.79 bits per heavy atom. The molecule has 2 nitrogen and oxygen atoms in total. The first-order valence-corrected chi connectivity index (χ1v) is 6.67. The molecule has 19 heavy (non-hydrogen) atoms. The van der Waals surface area contributed by atoms with Crippen LogP contribution in [0.4, 0.5) is 5.69 Å². The highest BCUT2D eigenvalue weighted by atomic mass is 35.5. The summed E-state index contributed by atoms with van der Waals surface area (Å²) >= 11 is 10.3. The lowest BCUT2D eigenvalue weighted by atomic mass is 10.1. The third kappa shape index (κ3) is 3.11. The standard InChI is InChI=1S/C15H14ClNOS/c1-9-4-3-5-10(2)14(9)17-15(18)12-8-11(19)6-7-13(12)16/h3-8,19H,1-2H3,(H,17,18). The molecule has 0 aromatic heterocycles. The van der Waals surface area contributed by atoms with E-state index in [1.54, 1.807) is 18.2 Å². The summed E-state index contributed by atoms with van der Waals surface area (Å²) in [5, 5.41) is 3.32. The van der Waals surface area contributed by atoms with Gasteiger partial charge in [0.25, 0.3) is 5.91 Å². The van der Waals surface area contributed by atoms with Crippen LogP contribution in [0.5, 0.6) is 0 Å². The Morgan fingerprint density at radius 1 is 1.16 bits per heavy atom. The summed E-state index contributed by atoms with van der Waals surface area (Å²) in [5.41, 5.74) is 3.29. The molecular weight excluding hydrogens is 278 g/mol. The minimum atomic E-state index is -0.224. The zero-order valence-corrected chi connectivity index (χ0v) is 12.3. The summed E-state index contributed by atoms with van der Waals surface area (Å²) in [6.45, 7) is 3.92. The van der Waals surface area contributed by atoms with Gasteiger partial charge in [-0.15, -0.1) is 12.6 Å². The minimum absolute atomic E-state index is 0.224. The molecule has 0 bridgehead atoms. The van der Waals surface area contributed by atoms with E-state index in [-0.39, 0.29) is 5.91 Å². The van der Waals surface area contributed by atoms with Gasteiger partial charge in [0.2, 0.25) is 0 Å². The van der Waals surface area contributed by atoms with Crippen LogP contribution in [0.3, 0.4) is 0 Å². The third-order valence-electron chi connectivity index (χ3n) is 2.91. The molecule has 1 N–H and O–H groups in total. The lowest BCUT2D eigenvalue weighted by molar-refractivity contribution is 0.102. The largest absolute Gasteiger partial charge is 0.321 e. The van der Waals surface area contributed by atoms with Crippen LogP contribution in [0, 0.1) is 13.8 Å². The van der Waals surface area contributed by atoms with Crippen molar-refractivity contribution in [3.63, 3.8) is 0 Å². The number of para-hydroxylation sites is 1. The van der Waals surface area contributed by atoms with Gasteiger partial charge >= 0.3 is 0 Å². The SMILES string of the molecule is Cc1cccc(C)c1NC(=O)c1cc(S)ccc1Cl. The summed E-state index contributed by atoms with van der Waals surface area (Å²) < 4.78 is 0. The van der Waals surface area contributed by atoms with Crippen LogP contribution in [0.25, 0.3) is 0 Å². The van der Waals surface area contributed by atoms with Gasteiger partial charge < -0.3 is 5.32 Å². The molecular formula is C15H14ClNOS. The monoisotopic (exact) mass is 291 g/mol. The Morgan fingerprint density at radius 3 is 2.42 bits per heavy atom. The highest BCUT2D eigenvalue weighted by molar-refractivity contribution is 7.80. The summed E-state index contributed by atoms with van der Waals surface area (Å²) in [4.78, 5) is 13.0. The fourth-order valence-corrected chi connectivity index (χ4v) is 2.29. The Balaban J connectivity index is 2.34. The Labute approximate surface area is 123 Å². The number of thiol groups is 1. The predicted octanol–water partition coefficient (Wildman–Crippen LogP) is 4.50. The second-order valence-electron chi connectivity index (χ2n) is 4.39. The number of halogens is 1. The first kappa shape index (κ1) is 14.0. The smallest absolute Gasteiger partial charge is 0.257 e. The number of nitrogens with one attached hydrogen (secondary N) is 1. The van der Waals surface area contributed by atoms with Crippen molar-refractivity contribution >= 4 is 35.8 Å². The van der Waals surface area contributed by atoms with Gasteiger partial charge in [0.15, 0.2) is 0 Å². The average Bonchev–Trinajstić information content (AvgIpc) is 2.37. The molecule has 0 fully saturated rings. The van der Waals surface area contributed by atoms with E-state index < -0.39 is 0 Å². The Hall–Kier alpha value is -1.45. The van der Waals surface area contributed by atoms with E-state index in [9.17, 15) is 4.79 Å². The number of carbonyl (C=O) groups excluding carboxylic acids is 1. The van der Waals surface area contributed by atoms with Crippen molar-refractivity contribution in [1.82, 2.24) is 0 Å². The molecule has 98 valence electrons. The number of amides is 1. The lowest BCUT2D eigenvalue weighted by Crippen LogP contribution is -2.14. The molecule has 2 rings (SSSR count). The summed E-state index contributed by atoms with van der Waals surface area (Å²) in [5.74, 6) is -0.224. The number of benzene rings is 2. The van der Waals surface area contributed by atoms with E-state index >= 15 is 0 Å². The van der Waals surface area contributed by atoms with Gasteiger partial charge in [-0.3, -0.25) is 4.79 Å². The van der Waals surface area contributed by atoms with Gasteiger partial charge in [0.1, 0.15) is 0 Å². The molecule has 0 spiro atoms. The van der Waals surface area contributed by atoms with Crippen LogP contribution in [-0.4, -0.2) is 5.91 Å². The van der Waals surface area contributed by atoms with Crippen LogP contribution in [0.15, 0.2) is 41.3 Å².